The van der Waals surface area contributed by atoms with Gasteiger partial charge in [-0.25, -0.2) is 0 Å². The maximum Gasteiger partial charge on any atom is 0.118 e. The van der Waals surface area contributed by atoms with Gasteiger partial charge in [0, 0.05) is 18.0 Å². The summed E-state index contributed by atoms with van der Waals surface area (Å²) in [5, 5.41) is 0. The Balaban J connectivity index is 2.29. The van der Waals surface area contributed by atoms with Crippen molar-refractivity contribution in [2.45, 2.75) is 24.8 Å². The lowest BCUT2D eigenvalue weighted by Gasteiger charge is -2.30. The number of hydrogen-bond acceptors (Lipinski definition) is 2. The molecule has 0 aliphatic carbocycles. The summed E-state index contributed by atoms with van der Waals surface area (Å²) in [4.78, 5) is 4.58. The fourth-order valence-electron chi connectivity index (χ4n) is 2.43. The van der Waals surface area contributed by atoms with E-state index in [0.29, 0.717) is 11.8 Å². The molecule has 18 heavy (non-hydrogen) atoms. The number of benzene rings is 1. The molecule has 1 aliphatic heterocycles. The summed E-state index contributed by atoms with van der Waals surface area (Å²) in [6.45, 7) is 2.15. The molecule has 2 nitrogen and oxygen atoms in total. The van der Waals surface area contributed by atoms with Crippen LogP contribution in [-0.4, -0.2) is 24.7 Å². The van der Waals surface area contributed by atoms with Crippen LogP contribution in [0.5, 0.6) is 5.75 Å². The van der Waals surface area contributed by atoms with E-state index in [1.165, 1.54) is 5.56 Å². The van der Waals surface area contributed by atoms with E-state index in [0.717, 1.165) is 12.2 Å². The molecule has 1 aromatic rings. The maximum absolute atomic E-state index is 5.94. The molecular formula is C15H18ClNO. The average molecular weight is 264 g/mol. The topological polar surface area (TPSA) is 21.6 Å². The minimum Gasteiger partial charge on any atom is -0.497 e. The highest BCUT2D eigenvalue weighted by Gasteiger charge is 2.33. The minimum absolute atomic E-state index is 0.177. The van der Waals surface area contributed by atoms with Gasteiger partial charge in [0.05, 0.1) is 12.6 Å². The van der Waals surface area contributed by atoms with Crippen LogP contribution in [0.3, 0.4) is 0 Å². The molecular weight excluding hydrogens is 246 g/mol. The highest BCUT2D eigenvalue weighted by Crippen LogP contribution is 2.37. The van der Waals surface area contributed by atoms with Crippen molar-refractivity contribution < 1.29 is 4.74 Å². The smallest absolute Gasteiger partial charge is 0.118 e. The number of rotatable bonds is 5. The predicted molar refractivity (Wildman–Crippen MR) is 77.1 cm³/mol. The molecule has 0 radical (unpaired) electrons. The van der Waals surface area contributed by atoms with Crippen LogP contribution in [-0.2, 0) is 0 Å². The zero-order valence-corrected chi connectivity index (χ0v) is 11.5. The van der Waals surface area contributed by atoms with E-state index in [1.807, 2.05) is 24.4 Å². The van der Waals surface area contributed by atoms with Gasteiger partial charge in [-0.1, -0.05) is 18.2 Å². The van der Waals surface area contributed by atoms with Gasteiger partial charge in [-0.15, -0.1) is 11.6 Å². The molecule has 3 heteroatoms. The molecule has 0 saturated heterocycles. The third-order valence-corrected chi connectivity index (χ3v) is 3.71. The molecule has 2 unspecified atom stereocenters. The summed E-state index contributed by atoms with van der Waals surface area (Å²) in [5.41, 5.74) is 1.08. The lowest BCUT2D eigenvalue weighted by atomic mass is 9.79. The fraction of sp³-hybridized carbons (Fsp3) is 0.400. The third-order valence-electron chi connectivity index (χ3n) is 3.49. The van der Waals surface area contributed by atoms with Gasteiger partial charge in [0.2, 0.25) is 0 Å². The number of methoxy groups -OCH3 is 1. The summed E-state index contributed by atoms with van der Waals surface area (Å²) in [6, 6.07) is 8.18. The van der Waals surface area contributed by atoms with E-state index >= 15 is 0 Å². The number of nitrogens with zero attached hydrogens (tertiary/aromatic N) is 1. The van der Waals surface area contributed by atoms with Gasteiger partial charge >= 0.3 is 0 Å². The Morgan fingerprint density at radius 2 is 2.06 bits per heavy atom. The summed E-state index contributed by atoms with van der Waals surface area (Å²) in [6.07, 6.45) is 6.93. The Morgan fingerprint density at radius 3 is 2.56 bits per heavy atom. The molecule has 0 aromatic heterocycles. The molecule has 2 atom stereocenters. The van der Waals surface area contributed by atoms with E-state index < -0.39 is 0 Å². The second-order valence-electron chi connectivity index (χ2n) is 4.67. The van der Waals surface area contributed by atoms with Crippen LogP contribution in [0.15, 0.2) is 41.4 Å². The highest BCUT2D eigenvalue weighted by molar-refractivity contribution is 6.17. The highest BCUT2D eigenvalue weighted by atomic mass is 35.5. The first-order valence-corrected chi connectivity index (χ1v) is 6.66. The van der Waals surface area contributed by atoms with E-state index in [1.54, 1.807) is 7.11 Å². The number of ether oxygens (including phenoxy) is 1. The van der Waals surface area contributed by atoms with Crippen molar-refractivity contribution in [1.82, 2.24) is 0 Å². The normalized spacial score (nSPS) is 23.3. The van der Waals surface area contributed by atoms with Crippen molar-refractivity contribution in [3.05, 3.63) is 42.0 Å². The van der Waals surface area contributed by atoms with Crippen LogP contribution in [0.4, 0.5) is 0 Å². The molecule has 0 N–H and O–H groups in total. The fourth-order valence-corrected chi connectivity index (χ4v) is 2.65. The Bertz CT molecular complexity index is 438. The second kappa shape index (κ2) is 5.57. The molecule has 1 aromatic carbocycles. The van der Waals surface area contributed by atoms with Crippen LogP contribution in [0.25, 0.3) is 0 Å². The zero-order chi connectivity index (χ0) is 13.0. The molecule has 0 amide bonds. The SMILES string of the molecule is COc1ccc(C(CCCl)C2(C)C=CC=N2)cc1. The number of allylic oxidation sites excluding steroid dienone is 1. The van der Waals surface area contributed by atoms with Gasteiger partial charge in [-0.2, -0.15) is 0 Å². The van der Waals surface area contributed by atoms with Gasteiger partial charge in [-0.3, -0.25) is 4.99 Å². The monoisotopic (exact) mass is 263 g/mol. The Hall–Kier alpha value is -1.28. The quantitative estimate of drug-likeness (QED) is 0.741. The van der Waals surface area contributed by atoms with Crippen LogP contribution in [0.2, 0.25) is 0 Å². The van der Waals surface area contributed by atoms with Gasteiger partial charge in [0.1, 0.15) is 5.75 Å². The Morgan fingerprint density at radius 1 is 1.33 bits per heavy atom. The van der Waals surface area contributed by atoms with Crippen molar-refractivity contribution in [2.24, 2.45) is 4.99 Å². The summed E-state index contributed by atoms with van der Waals surface area (Å²) < 4.78 is 5.19. The maximum atomic E-state index is 5.94. The van der Waals surface area contributed by atoms with Crippen LogP contribution in [0, 0.1) is 0 Å². The first-order chi connectivity index (χ1) is 8.69. The van der Waals surface area contributed by atoms with Gasteiger partial charge in [0.25, 0.3) is 0 Å². The standard InChI is InChI=1S/C15H18ClNO/c1-15(9-3-11-17-15)14(8-10-16)12-4-6-13(18-2)7-5-12/h3-7,9,11,14H,8,10H2,1-2H3. The van der Waals surface area contributed by atoms with Crippen molar-refractivity contribution in [3.8, 4) is 5.75 Å². The first kappa shape index (κ1) is 13.2. The number of halogens is 1. The van der Waals surface area contributed by atoms with Crippen LogP contribution >= 0.6 is 11.6 Å². The molecule has 0 saturated carbocycles. The van der Waals surface area contributed by atoms with E-state index in [9.17, 15) is 0 Å². The Labute approximate surface area is 113 Å². The predicted octanol–water partition coefficient (Wildman–Crippen LogP) is 3.81. The number of hydrogen-bond donors (Lipinski definition) is 0. The molecule has 0 fully saturated rings. The lowest BCUT2D eigenvalue weighted by Crippen LogP contribution is -2.27. The Kier molecular flexibility index (Phi) is 4.07. The number of aliphatic imine (C=N–C) groups is 1. The second-order valence-corrected chi connectivity index (χ2v) is 5.04. The van der Waals surface area contributed by atoms with E-state index in [-0.39, 0.29) is 5.54 Å². The van der Waals surface area contributed by atoms with Gasteiger partial charge < -0.3 is 4.74 Å². The van der Waals surface area contributed by atoms with Crippen molar-refractivity contribution in [1.29, 1.82) is 0 Å². The molecule has 0 bridgehead atoms. The van der Waals surface area contributed by atoms with Crippen LogP contribution < -0.4 is 4.74 Å². The number of alkyl halides is 1. The molecule has 0 spiro atoms. The lowest BCUT2D eigenvalue weighted by molar-refractivity contribution is 0.413. The molecule has 2 rings (SSSR count). The van der Waals surface area contributed by atoms with E-state index in [4.69, 9.17) is 16.3 Å². The zero-order valence-electron chi connectivity index (χ0n) is 10.8. The summed E-state index contributed by atoms with van der Waals surface area (Å²) >= 11 is 5.94. The van der Waals surface area contributed by atoms with Crippen molar-refractivity contribution in [3.63, 3.8) is 0 Å². The van der Waals surface area contributed by atoms with Crippen molar-refractivity contribution >= 4 is 17.8 Å². The molecule has 1 heterocycles. The van der Waals surface area contributed by atoms with Gasteiger partial charge in [-0.05, 0) is 37.1 Å². The molecule has 1 aliphatic rings. The minimum atomic E-state index is -0.177. The van der Waals surface area contributed by atoms with Crippen LogP contribution in [0.1, 0.15) is 24.8 Å². The average Bonchev–Trinajstić information content (AvgIpc) is 2.84. The van der Waals surface area contributed by atoms with Gasteiger partial charge in [0.15, 0.2) is 0 Å². The van der Waals surface area contributed by atoms with E-state index in [2.05, 4.69) is 30.1 Å². The third kappa shape index (κ3) is 2.59. The van der Waals surface area contributed by atoms with Crippen molar-refractivity contribution in [2.75, 3.05) is 13.0 Å². The molecule has 96 valence electrons. The summed E-state index contributed by atoms with van der Waals surface area (Å²) in [5.74, 6) is 1.81. The largest absolute Gasteiger partial charge is 0.497 e. The first-order valence-electron chi connectivity index (χ1n) is 6.12. The summed E-state index contributed by atoms with van der Waals surface area (Å²) in [7, 11) is 1.68.